The van der Waals surface area contributed by atoms with Crippen LogP contribution in [0.2, 0.25) is 0 Å². The van der Waals surface area contributed by atoms with Gasteiger partial charge >= 0.3 is 0 Å². The molecule has 1 amide bonds. The number of rotatable bonds is 3. The Labute approximate surface area is 104 Å². The van der Waals surface area contributed by atoms with Crippen molar-refractivity contribution < 1.29 is 9.90 Å². The first-order valence-corrected chi connectivity index (χ1v) is 6.53. The minimum atomic E-state index is -0.497. The maximum Gasteiger partial charge on any atom is 0.237 e. The number of nitrogens with two attached hydrogens (primary N) is 1. The third-order valence-corrected chi connectivity index (χ3v) is 3.62. The number of aliphatic hydroxyl groups is 1. The number of carbonyl (C=O) groups is 1. The van der Waals surface area contributed by atoms with E-state index in [1.54, 1.807) is 0 Å². The van der Waals surface area contributed by atoms with E-state index in [1.165, 1.54) is 0 Å². The molecule has 1 aliphatic rings. The van der Waals surface area contributed by atoms with Gasteiger partial charge < -0.3 is 16.2 Å². The second-order valence-electron chi connectivity index (χ2n) is 6.20. The van der Waals surface area contributed by atoms with Crippen LogP contribution >= 0.6 is 0 Å². The van der Waals surface area contributed by atoms with Gasteiger partial charge in [0, 0.05) is 12.5 Å². The molecule has 3 atom stereocenters. The summed E-state index contributed by atoms with van der Waals surface area (Å²) in [4.78, 5) is 11.8. The lowest BCUT2D eigenvalue weighted by Crippen LogP contribution is -2.50. The average Bonchev–Trinajstić information content (AvgIpc) is 2.25. The molecule has 3 unspecified atom stereocenters. The van der Waals surface area contributed by atoms with Crippen LogP contribution in [0.25, 0.3) is 0 Å². The molecule has 0 bridgehead atoms. The van der Waals surface area contributed by atoms with Crippen LogP contribution in [0.4, 0.5) is 0 Å². The summed E-state index contributed by atoms with van der Waals surface area (Å²) in [5.74, 6) is 0.0788. The molecule has 0 radical (unpaired) electrons. The molecule has 0 spiro atoms. The Bertz CT molecular complexity index is 261. The first kappa shape index (κ1) is 14.5. The molecule has 0 saturated heterocycles. The Morgan fingerprint density at radius 2 is 2.00 bits per heavy atom. The number of aliphatic hydroxyl groups excluding tert-OH is 1. The van der Waals surface area contributed by atoms with Gasteiger partial charge in [-0.15, -0.1) is 0 Å². The molecule has 4 N–H and O–H groups in total. The lowest BCUT2D eigenvalue weighted by molar-refractivity contribution is -0.124. The Morgan fingerprint density at radius 1 is 1.41 bits per heavy atom. The minimum absolute atomic E-state index is 0.115. The monoisotopic (exact) mass is 242 g/mol. The zero-order valence-electron chi connectivity index (χ0n) is 11.2. The second-order valence-corrected chi connectivity index (χ2v) is 6.20. The normalized spacial score (nSPS) is 27.6. The molecule has 17 heavy (non-hydrogen) atoms. The van der Waals surface area contributed by atoms with E-state index in [9.17, 15) is 9.90 Å². The largest absolute Gasteiger partial charge is 0.393 e. The Kier molecular flexibility index (Phi) is 4.95. The van der Waals surface area contributed by atoms with E-state index in [-0.39, 0.29) is 23.3 Å². The summed E-state index contributed by atoms with van der Waals surface area (Å²) in [5, 5.41) is 12.7. The van der Waals surface area contributed by atoms with Crippen LogP contribution in [-0.2, 0) is 4.79 Å². The van der Waals surface area contributed by atoms with E-state index in [2.05, 4.69) is 5.32 Å². The highest BCUT2D eigenvalue weighted by Crippen LogP contribution is 2.24. The summed E-state index contributed by atoms with van der Waals surface area (Å²) in [5.41, 5.74) is 5.64. The lowest BCUT2D eigenvalue weighted by Gasteiger charge is -2.30. The fourth-order valence-corrected chi connectivity index (χ4v) is 2.16. The molecule has 4 nitrogen and oxygen atoms in total. The van der Waals surface area contributed by atoms with Gasteiger partial charge in [0.05, 0.1) is 12.1 Å². The molecule has 1 saturated carbocycles. The highest BCUT2D eigenvalue weighted by Gasteiger charge is 2.29. The molecule has 100 valence electrons. The van der Waals surface area contributed by atoms with E-state index >= 15 is 0 Å². The maximum atomic E-state index is 11.8. The van der Waals surface area contributed by atoms with Crippen LogP contribution in [0.3, 0.4) is 0 Å². The number of nitrogens with one attached hydrogen (secondary N) is 1. The quantitative estimate of drug-likeness (QED) is 0.692. The molecular formula is C13H26N2O2. The summed E-state index contributed by atoms with van der Waals surface area (Å²) in [6.45, 7) is 6.40. The zero-order valence-corrected chi connectivity index (χ0v) is 11.2. The highest BCUT2D eigenvalue weighted by atomic mass is 16.3. The summed E-state index contributed by atoms with van der Waals surface area (Å²) < 4.78 is 0. The molecule has 4 heteroatoms. The van der Waals surface area contributed by atoms with Crippen LogP contribution in [0.15, 0.2) is 0 Å². The number of hydrogen-bond acceptors (Lipinski definition) is 3. The van der Waals surface area contributed by atoms with Gasteiger partial charge in [0.1, 0.15) is 0 Å². The number of hydrogen-bond donors (Lipinski definition) is 3. The fourth-order valence-electron chi connectivity index (χ4n) is 2.16. The fraction of sp³-hybridized carbons (Fsp3) is 0.923. The standard InChI is InChI=1S/C13H26N2O2/c1-13(2,3)11(14)12(17)15-8-9-6-4-5-7-10(9)16/h9-11,16H,4-8,14H2,1-3H3,(H,15,17). The summed E-state index contributed by atoms with van der Waals surface area (Å²) in [7, 11) is 0. The van der Waals surface area contributed by atoms with Crippen LogP contribution in [0.5, 0.6) is 0 Å². The van der Waals surface area contributed by atoms with Gasteiger partial charge in [-0.3, -0.25) is 4.79 Å². The number of carbonyl (C=O) groups excluding carboxylic acids is 1. The van der Waals surface area contributed by atoms with Gasteiger partial charge in [0.25, 0.3) is 0 Å². The van der Waals surface area contributed by atoms with Crippen molar-refractivity contribution >= 4 is 5.91 Å². The van der Waals surface area contributed by atoms with E-state index in [4.69, 9.17) is 5.73 Å². The van der Waals surface area contributed by atoms with Crippen molar-refractivity contribution in [2.75, 3.05) is 6.54 Å². The van der Waals surface area contributed by atoms with Gasteiger partial charge in [-0.2, -0.15) is 0 Å². The third kappa shape index (κ3) is 4.28. The van der Waals surface area contributed by atoms with Crippen molar-refractivity contribution in [2.45, 2.75) is 58.6 Å². The van der Waals surface area contributed by atoms with Crippen molar-refractivity contribution in [3.63, 3.8) is 0 Å². The van der Waals surface area contributed by atoms with E-state index in [0.29, 0.717) is 6.54 Å². The van der Waals surface area contributed by atoms with Crippen molar-refractivity contribution in [3.8, 4) is 0 Å². The summed E-state index contributed by atoms with van der Waals surface area (Å²) in [6, 6.07) is -0.497. The zero-order chi connectivity index (χ0) is 13.1. The van der Waals surface area contributed by atoms with Crippen molar-refractivity contribution in [2.24, 2.45) is 17.1 Å². The number of amides is 1. The van der Waals surface area contributed by atoms with E-state index < -0.39 is 6.04 Å². The van der Waals surface area contributed by atoms with Gasteiger partial charge in [0.2, 0.25) is 5.91 Å². The van der Waals surface area contributed by atoms with Crippen LogP contribution in [0.1, 0.15) is 46.5 Å². The van der Waals surface area contributed by atoms with E-state index in [1.807, 2.05) is 20.8 Å². The molecule has 0 aromatic carbocycles. The van der Waals surface area contributed by atoms with Crippen LogP contribution in [-0.4, -0.2) is 29.7 Å². The summed E-state index contributed by atoms with van der Waals surface area (Å²) >= 11 is 0. The third-order valence-electron chi connectivity index (χ3n) is 3.62. The molecule has 0 heterocycles. The first-order chi connectivity index (χ1) is 7.82. The van der Waals surface area contributed by atoms with Crippen LogP contribution < -0.4 is 11.1 Å². The van der Waals surface area contributed by atoms with Crippen LogP contribution in [0, 0.1) is 11.3 Å². The van der Waals surface area contributed by atoms with Gasteiger partial charge in [0.15, 0.2) is 0 Å². The highest BCUT2D eigenvalue weighted by molar-refractivity contribution is 5.82. The van der Waals surface area contributed by atoms with E-state index in [0.717, 1.165) is 25.7 Å². The van der Waals surface area contributed by atoms with Gasteiger partial charge in [-0.1, -0.05) is 33.6 Å². The predicted molar refractivity (Wildman–Crippen MR) is 68.4 cm³/mol. The Hall–Kier alpha value is -0.610. The SMILES string of the molecule is CC(C)(C)C(N)C(=O)NCC1CCCCC1O. The Morgan fingerprint density at radius 3 is 2.53 bits per heavy atom. The maximum absolute atomic E-state index is 11.8. The van der Waals surface area contributed by atoms with Crippen molar-refractivity contribution in [1.29, 1.82) is 0 Å². The molecule has 1 aliphatic carbocycles. The van der Waals surface area contributed by atoms with Gasteiger partial charge in [-0.25, -0.2) is 0 Å². The smallest absolute Gasteiger partial charge is 0.237 e. The average molecular weight is 242 g/mol. The van der Waals surface area contributed by atoms with Crippen molar-refractivity contribution in [1.82, 2.24) is 5.32 Å². The predicted octanol–water partition coefficient (Wildman–Crippen LogP) is 1.03. The minimum Gasteiger partial charge on any atom is -0.393 e. The molecular weight excluding hydrogens is 216 g/mol. The molecule has 1 fully saturated rings. The topological polar surface area (TPSA) is 75.4 Å². The first-order valence-electron chi connectivity index (χ1n) is 6.53. The van der Waals surface area contributed by atoms with Gasteiger partial charge in [-0.05, 0) is 18.3 Å². The summed E-state index contributed by atoms with van der Waals surface area (Å²) in [6.07, 6.45) is 3.81. The molecule has 0 aromatic heterocycles. The van der Waals surface area contributed by atoms with Crippen molar-refractivity contribution in [3.05, 3.63) is 0 Å². The lowest BCUT2D eigenvalue weighted by atomic mass is 9.85. The molecule has 0 aromatic rings. The Balaban J connectivity index is 2.37. The molecule has 1 rings (SSSR count). The molecule has 0 aliphatic heterocycles. The second kappa shape index (κ2) is 5.83.